The maximum absolute atomic E-state index is 5.20. The predicted octanol–water partition coefficient (Wildman–Crippen LogP) is 1.69. The van der Waals surface area contributed by atoms with E-state index in [2.05, 4.69) is 16.3 Å². The van der Waals surface area contributed by atoms with Gasteiger partial charge in [0.05, 0.1) is 0 Å². The fourth-order valence-electron chi connectivity index (χ4n) is 0.963. The number of rotatable bonds is 0. The van der Waals surface area contributed by atoms with Crippen molar-refractivity contribution in [3.05, 3.63) is 23.0 Å². The molecule has 3 heteroatoms. The van der Waals surface area contributed by atoms with Crippen LogP contribution >= 0.6 is 11.3 Å². The SMILES string of the molecule is C#Cc1cn2c(C)csc2n1. The van der Waals surface area contributed by atoms with Crippen LogP contribution < -0.4 is 0 Å². The zero-order valence-electron chi connectivity index (χ0n) is 6.03. The molecule has 54 valence electrons. The molecule has 0 amide bonds. The molecule has 0 radical (unpaired) electrons. The molecule has 0 aromatic carbocycles. The summed E-state index contributed by atoms with van der Waals surface area (Å²) >= 11 is 1.61. The molecule has 0 fully saturated rings. The van der Waals surface area contributed by atoms with Crippen LogP contribution in [0.4, 0.5) is 0 Å². The number of nitrogens with zero attached hydrogens (tertiary/aromatic N) is 2. The van der Waals surface area contributed by atoms with E-state index in [4.69, 9.17) is 6.42 Å². The molecule has 2 nitrogen and oxygen atoms in total. The Bertz CT molecular complexity index is 430. The average Bonchev–Trinajstić information content (AvgIpc) is 2.53. The molecule has 0 aliphatic carbocycles. The molecular formula is C8H6N2S. The first-order chi connectivity index (χ1) is 5.31. The van der Waals surface area contributed by atoms with E-state index in [9.17, 15) is 0 Å². The Morgan fingerprint density at radius 3 is 3.18 bits per heavy atom. The van der Waals surface area contributed by atoms with Crippen molar-refractivity contribution < 1.29 is 0 Å². The Hall–Kier alpha value is -1.27. The van der Waals surface area contributed by atoms with E-state index in [1.807, 2.05) is 17.5 Å². The minimum absolute atomic E-state index is 0.708. The fraction of sp³-hybridized carbons (Fsp3) is 0.125. The van der Waals surface area contributed by atoms with E-state index in [0.717, 1.165) is 4.96 Å². The lowest BCUT2D eigenvalue weighted by Crippen LogP contribution is -1.77. The van der Waals surface area contributed by atoms with Crippen molar-refractivity contribution >= 4 is 16.3 Å². The van der Waals surface area contributed by atoms with Gasteiger partial charge < -0.3 is 0 Å². The van der Waals surface area contributed by atoms with Gasteiger partial charge in [0.2, 0.25) is 0 Å². The third-order valence-electron chi connectivity index (χ3n) is 1.54. The summed E-state index contributed by atoms with van der Waals surface area (Å²) in [6.07, 6.45) is 7.08. The van der Waals surface area contributed by atoms with Crippen LogP contribution in [0.25, 0.3) is 4.96 Å². The maximum atomic E-state index is 5.20. The van der Waals surface area contributed by atoms with Crippen LogP contribution in [0.5, 0.6) is 0 Å². The molecule has 0 saturated heterocycles. The van der Waals surface area contributed by atoms with Crippen LogP contribution in [-0.2, 0) is 0 Å². The van der Waals surface area contributed by atoms with Gasteiger partial charge in [-0.05, 0) is 12.8 Å². The third-order valence-corrected chi connectivity index (χ3v) is 2.49. The smallest absolute Gasteiger partial charge is 0.195 e. The molecule has 0 N–H and O–H groups in total. The molecule has 0 aliphatic heterocycles. The summed E-state index contributed by atoms with van der Waals surface area (Å²) in [7, 11) is 0. The van der Waals surface area contributed by atoms with E-state index in [1.165, 1.54) is 5.69 Å². The number of imidazole rings is 1. The number of terminal acetylenes is 1. The summed E-state index contributed by atoms with van der Waals surface area (Å²) in [5.74, 6) is 2.50. The van der Waals surface area contributed by atoms with Crippen LogP contribution in [0, 0.1) is 19.3 Å². The van der Waals surface area contributed by atoms with E-state index >= 15 is 0 Å². The van der Waals surface area contributed by atoms with E-state index in [1.54, 1.807) is 11.3 Å². The van der Waals surface area contributed by atoms with Gasteiger partial charge in [-0.25, -0.2) is 4.98 Å². The van der Waals surface area contributed by atoms with Gasteiger partial charge in [-0.15, -0.1) is 17.8 Å². The number of fused-ring (bicyclic) bond motifs is 1. The molecule has 2 rings (SSSR count). The van der Waals surface area contributed by atoms with Gasteiger partial charge in [0.1, 0.15) is 5.69 Å². The highest BCUT2D eigenvalue weighted by Gasteiger charge is 2.01. The third kappa shape index (κ3) is 0.837. The van der Waals surface area contributed by atoms with Gasteiger partial charge in [0.15, 0.2) is 4.96 Å². The van der Waals surface area contributed by atoms with Crippen LogP contribution in [0.1, 0.15) is 11.4 Å². The number of hydrogen-bond donors (Lipinski definition) is 0. The molecule has 2 heterocycles. The number of thiazole rings is 1. The lowest BCUT2D eigenvalue weighted by atomic mass is 10.5. The van der Waals surface area contributed by atoms with E-state index in [0.29, 0.717) is 5.69 Å². The Labute approximate surface area is 68.5 Å². The fourth-order valence-corrected chi connectivity index (χ4v) is 1.81. The second-order valence-electron chi connectivity index (χ2n) is 2.30. The second kappa shape index (κ2) is 2.11. The standard InChI is InChI=1S/C8H6N2S/c1-3-7-4-10-6(2)5-11-8(10)9-7/h1,4-5H,2H3. The molecule has 0 spiro atoms. The first kappa shape index (κ1) is 6.44. The van der Waals surface area contributed by atoms with Crippen LogP contribution in [0.15, 0.2) is 11.6 Å². The second-order valence-corrected chi connectivity index (χ2v) is 3.14. The van der Waals surface area contributed by atoms with Gasteiger partial charge in [0.25, 0.3) is 0 Å². The Morgan fingerprint density at radius 1 is 1.73 bits per heavy atom. The summed E-state index contributed by atoms with van der Waals surface area (Å²) in [6.45, 7) is 2.03. The Kier molecular flexibility index (Phi) is 1.23. The zero-order chi connectivity index (χ0) is 7.84. The molecule has 0 saturated carbocycles. The van der Waals surface area contributed by atoms with E-state index < -0.39 is 0 Å². The summed E-state index contributed by atoms with van der Waals surface area (Å²) in [5, 5.41) is 2.06. The average molecular weight is 162 g/mol. The van der Waals surface area contributed by atoms with E-state index in [-0.39, 0.29) is 0 Å². The van der Waals surface area contributed by atoms with Gasteiger partial charge in [0, 0.05) is 17.3 Å². The molecule has 11 heavy (non-hydrogen) atoms. The Morgan fingerprint density at radius 2 is 2.55 bits per heavy atom. The van der Waals surface area contributed by atoms with Crippen LogP contribution in [-0.4, -0.2) is 9.38 Å². The molecular weight excluding hydrogens is 156 g/mol. The minimum atomic E-state index is 0.708. The summed E-state index contributed by atoms with van der Waals surface area (Å²) in [5.41, 5.74) is 1.89. The van der Waals surface area contributed by atoms with Gasteiger partial charge in [-0.3, -0.25) is 4.40 Å². The number of aromatic nitrogens is 2. The summed E-state index contributed by atoms with van der Waals surface area (Å²) in [4.78, 5) is 5.17. The van der Waals surface area contributed by atoms with Crippen molar-refractivity contribution in [3.8, 4) is 12.3 Å². The maximum Gasteiger partial charge on any atom is 0.195 e. The molecule has 0 unspecified atom stereocenters. The van der Waals surface area contributed by atoms with Crippen molar-refractivity contribution in [3.63, 3.8) is 0 Å². The highest BCUT2D eigenvalue weighted by Crippen LogP contribution is 2.14. The monoisotopic (exact) mass is 162 g/mol. The minimum Gasteiger partial charge on any atom is -0.294 e. The predicted molar refractivity (Wildman–Crippen MR) is 45.7 cm³/mol. The lowest BCUT2D eigenvalue weighted by molar-refractivity contribution is 1.13. The van der Waals surface area contributed by atoms with Crippen molar-refractivity contribution in [1.29, 1.82) is 0 Å². The van der Waals surface area contributed by atoms with Gasteiger partial charge >= 0.3 is 0 Å². The topological polar surface area (TPSA) is 17.3 Å². The first-order valence-electron chi connectivity index (χ1n) is 3.21. The Balaban J connectivity index is 2.82. The number of hydrogen-bond acceptors (Lipinski definition) is 2. The molecule has 0 aliphatic rings. The quantitative estimate of drug-likeness (QED) is 0.539. The highest BCUT2D eigenvalue weighted by atomic mass is 32.1. The summed E-state index contributed by atoms with van der Waals surface area (Å²) < 4.78 is 2.00. The van der Waals surface area contributed by atoms with Gasteiger partial charge in [-0.1, -0.05) is 0 Å². The van der Waals surface area contributed by atoms with Crippen molar-refractivity contribution in [1.82, 2.24) is 9.38 Å². The largest absolute Gasteiger partial charge is 0.294 e. The lowest BCUT2D eigenvalue weighted by Gasteiger charge is -1.82. The molecule has 2 aromatic rings. The van der Waals surface area contributed by atoms with Crippen LogP contribution in [0.3, 0.4) is 0 Å². The molecule has 2 aromatic heterocycles. The number of aryl methyl sites for hydroxylation is 1. The van der Waals surface area contributed by atoms with Crippen LogP contribution in [0.2, 0.25) is 0 Å². The van der Waals surface area contributed by atoms with Gasteiger partial charge in [-0.2, -0.15) is 0 Å². The normalized spacial score (nSPS) is 10.2. The van der Waals surface area contributed by atoms with Crippen molar-refractivity contribution in [2.75, 3.05) is 0 Å². The zero-order valence-corrected chi connectivity index (χ0v) is 6.85. The molecule has 0 bridgehead atoms. The highest BCUT2D eigenvalue weighted by molar-refractivity contribution is 7.15. The summed E-state index contributed by atoms with van der Waals surface area (Å²) in [6, 6.07) is 0. The van der Waals surface area contributed by atoms with Crippen molar-refractivity contribution in [2.24, 2.45) is 0 Å². The first-order valence-corrected chi connectivity index (χ1v) is 4.09. The molecule has 0 atom stereocenters. The van der Waals surface area contributed by atoms with Crippen molar-refractivity contribution in [2.45, 2.75) is 6.92 Å².